The summed E-state index contributed by atoms with van der Waals surface area (Å²) in [6.45, 7) is 15.5. The predicted octanol–water partition coefficient (Wildman–Crippen LogP) is 2.44. The average Bonchev–Trinajstić information content (AvgIpc) is 2.44. The van der Waals surface area contributed by atoms with E-state index in [0.717, 1.165) is 25.6 Å². The van der Waals surface area contributed by atoms with E-state index < -0.39 is 8.80 Å². The average molecular weight is 315 g/mol. The van der Waals surface area contributed by atoms with Crippen LogP contribution in [0.25, 0.3) is 0 Å². The van der Waals surface area contributed by atoms with Crippen LogP contribution in [0.15, 0.2) is 25.4 Å². The smallest absolute Gasteiger partial charge is 0.379 e. The van der Waals surface area contributed by atoms with Gasteiger partial charge < -0.3 is 22.9 Å². The molecule has 1 aliphatic rings. The van der Waals surface area contributed by atoms with Gasteiger partial charge in [-0.05, 0) is 26.5 Å². The van der Waals surface area contributed by atoms with Gasteiger partial charge in [-0.3, -0.25) is 0 Å². The maximum absolute atomic E-state index is 6.28. The number of hydrogen-bond donors (Lipinski definition) is 0. The van der Waals surface area contributed by atoms with Crippen LogP contribution in [0, 0.1) is 0 Å². The minimum atomic E-state index is -2.60. The largest absolute Gasteiger partial charge is 0.501 e. The number of nitrogens with zero attached hydrogens (tertiary/aromatic N) is 1. The predicted molar refractivity (Wildman–Crippen MR) is 86.1 cm³/mol. The van der Waals surface area contributed by atoms with E-state index in [0.29, 0.717) is 26.4 Å². The van der Waals surface area contributed by atoms with E-state index in [1.54, 1.807) is 6.20 Å². The number of hydrogen-bond acceptors (Lipinski definition) is 5. The minimum absolute atomic E-state index is 0.0759. The van der Waals surface area contributed by atoms with Gasteiger partial charge in [-0.1, -0.05) is 12.7 Å². The van der Waals surface area contributed by atoms with Crippen molar-refractivity contribution in [1.29, 1.82) is 0 Å². The van der Waals surface area contributed by atoms with Gasteiger partial charge in [-0.2, -0.15) is 0 Å². The van der Waals surface area contributed by atoms with Crippen molar-refractivity contribution in [3.05, 3.63) is 25.4 Å². The summed E-state index contributed by atoms with van der Waals surface area (Å²) in [5.41, 5.74) is 0. The molecule has 0 amide bonds. The van der Waals surface area contributed by atoms with Crippen molar-refractivity contribution in [3.63, 3.8) is 0 Å². The van der Waals surface area contributed by atoms with Gasteiger partial charge in [0.05, 0.1) is 12.7 Å². The summed E-state index contributed by atoms with van der Waals surface area (Å²) in [6, 6.07) is 0.806. The molecule has 0 saturated carbocycles. The van der Waals surface area contributed by atoms with Crippen LogP contribution in [-0.2, 0) is 18.0 Å². The summed E-state index contributed by atoms with van der Waals surface area (Å²) in [5.74, 6) is 0. The fourth-order valence-electron chi connectivity index (χ4n) is 2.39. The Morgan fingerprint density at radius 1 is 1.29 bits per heavy atom. The monoisotopic (exact) mass is 315 g/mol. The van der Waals surface area contributed by atoms with E-state index in [4.69, 9.17) is 18.0 Å². The zero-order valence-corrected chi connectivity index (χ0v) is 14.4. The van der Waals surface area contributed by atoms with Crippen molar-refractivity contribution in [2.24, 2.45) is 0 Å². The molecule has 1 unspecified atom stereocenters. The molecule has 1 heterocycles. The molecule has 1 saturated heterocycles. The third-order valence-corrected chi connectivity index (χ3v) is 6.33. The highest BCUT2D eigenvalue weighted by atomic mass is 28.4. The fraction of sp³-hybridized carbons (Fsp3) is 0.733. The lowest BCUT2D eigenvalue weighted by atomic mass is 10.3. The Kier molecular flexibility index (Phi) is 8.87. The quantitative estimate of drug-likeness (QED) is 0.483. The molecule has 1 rings (SSSR count). The molecular weight excluding hydrogens is 286 g/mol. The van der Waals surface area contributed by atoms with Crippen molar-refractivity contribution in [3.8, 4) is 0 Å². The van der Waals surface area contributed by atoms with Gasteiger partial charge in [0.15, 0.2) is 0 Å². The first-order chi connectivity index (χ1) is 10.2. The van der Waals surface area contributed by atoms with Crippen molar-refractivity contribution in [2.75, 3.05) is 39.5 Å². The molecule has 6 heteroatoms. The van der Waals surface area contributed by atoms with Gasteiger partial charge in [-0.15, -0.1) is 6.58 Å². The van der Waals surface area contributed by atoms with Gasteiger partial charge in [0.1, 0.15) is 0 Å². The Morgan fingerprint density at radius 3 is 2.57 bits per heavy atom. The van der Waals surface area contributed by atoms with Gasteiger partial charge >= 0.3 is 8.80 Å². The first kappa shape index (κ1) is 18.4. The molecule has 122 valence electrons. The molecule has 5 nitrogen and oxygen atoms in total. The summed E-state index contributed by atoms with van der Waals surface area (Å²) in [4.78, 5) is 2.06. The van der Waals surface area contributed by atoms with E-state index in [-0.39, 0.29) is 6.10 Å². The van der Waals surface area contributed by atoms with Gasteiger partial charge in [-0.25, -0.2) is 0 Å². The van der Waals surface area contributed by atoms with Crippen LogP contribution >= 0.6 is 0 Å². The Labute approximate surface area is 129 Å². The molecule has 1 fully saturated rings. The summed E-state index contributed by atoms with van der Waals surface area (Å²) in [7, 11) is -2.60. The molecule has 1 atom stereocenters. The minimum Gasteiger partial charge on any atom is -0.379 e. The highest BCUT2D eigenvalue weighted by Gasteiger charge is 2.43. The lowest BCUT2D eigenvalue weighted by Crippen LogP contribution is -2.52. The van der Waals surface area contributed by atoms with E-state index in [9.17, 15) is 0 Å². The standard InChI is InChI=1S/C15H29NO4Si/c1-5-10-16(6-2)13-15-14-17-11-9-12-21(20-15,18-7-3)19-8-4/h5-6,15H,1-2,7-14H2,3-4H3. The summed E-state index contributed by atoms with van der Waals surface area (Å²) in [5, 5.41) is 0. The van der Waals surface area contributed by atoms with E-state index in [1.807, 2.05) is 19.9 Å². The first-order valence-electron chi connectivity index (χ1n) is 7.70. The van der Waals surface area contributed by atoms with Gasteiger partial charge in [0, 0.05) is 39.0 Å². The third-order valence-electron chi connectivity index (χ3n) is 3.21. The van der Waals surface area contributed by atoms with Crippen molar-refractivity contribution in [2.45, 2.75) is 32.4 Å². The first-order valence-corrected chi connectivity index (χ1v) is 9.63. The van der Waals surface area contributed by atoms with Gasteiger partial charge in [0.25, 0.3) is 0 Å². The zero-order valence-electron chi connectivity index (χ0n) is 13.4. The maximum atomic E-state index is 6.28. The van der Waals surface area contributed by atoms with Crippen molar-refractivity contribution in [1.82, 2.24) is 4.90 Å². The lowest BCUT2D eigenvalue weighted by molar-refractivity contribution is -0.0316. The Balaban J connectivity index is 2.75. The van der Waals surface area contributed by atoms with Crippen molar-refractivity contribution < 1.29 is 18.0 Å². The van der Waals surface area contributed by atoms with Gasteiger partial charge in [0.2, 0.25) is 0 Å². The van der Waals surface area contributed by atoms with Crippen LogP contribution < -0.4 is 0 Å². The molecule has 0 bridgehead atoms. The highest BCUT2D eigenvalue weighted by Crippen LogP contribution is 2.23. The second-order valence-electron chi connectivity index (χ2n) is 4.89. The summed E-state index contributed by atoms with van der Waals surface area (Å²) < 4.78 is 23.8. The summed E-state index contributed by atoms with van der Waals surface area (Å²) >= 11 is 0. The molecule has 0 aliphatic carbocycles. The maximum Gasteiger partial charge on any atom is 0.501 e. The molecule has 0 radical (unpaired) electrons. The molecule has 0 spiro atoms. The normalized spacial score (nSPS) is 22.1. The van der Waals surface area contributed by atoms with Crippen molar-refractivity contribution >= 4 is 8.80 Å². The lowest BCUT2D eigenvalue weighted by Gasteiger charge is -2.36. The second-order valence-corrected chi connectivity index (χ2v) is 7.57. The highest BCUT2D eigenvalue weighted by molar-refractivity contribution is 6.60. The second kappa shape index (κ2) is 10.1. The molecule has 21 heavy (non-hydrogen) atoms. The van der Waals surface area contributed by atoms with Crippen LogP contribution in [0.5, 0.6) is 0 Å². The Morgan fingerprint density at radius 2 is 2.00 bits per heavy atom. The molecule has 1 aliphatic heterocycles. The van der Waals surface area contributed by atoms with E-state index in [1.165, 1.54) is 0 Å². The third kappa shape index (κ3) is 6.32. The van der Waals surface area contributed by atoms with Crippen LogP contribution in [0.1, 0.15) is 20.3 Å². The van der Waals surface area contributed by atoms with Crippen LogP contribution in [0.4, 0.5) is 0 Å². The number of ether oxygens (including phenoxy) is 1. The molecule has 0 aromatic carbocycles. The molecular formula is C15H29NO4Si. The molecule has 0 N–H and O–H groups in total. The Hall–Kier alpha value is -0.663. The Bertz CT molecular complexity index is 308. The molecule has 0 aromatic heterocycles. The van der Waals surface area contributed by atoms with E-state index in [2.05, 4.69) is 18.1 Å². The van der Waals surface area contributed by atoms with Crippen LogP contribution in [0.3, 0.4) is 0 Å². The van der Waals surface area contributed by atoms with Crippen LogP contribution in [0.2, 0.25) is 6.04 Å². The van der Waals surface area contributed by atoms with E-state index >= 15 is 0 Å². The SMILES string of the molecule is C=CCN(C=C)CC1COCCC[Si](OCC)(OCC)O1. The topological polar surface area (TPSA) is 40.2 Å². The number of rotatable bonds is 9. The molecule has 0 aromatic rings. The zero-order chi connectivity index (χ0) is 15.6. The van der Waals surface area contributed by atoms with Crippen LogP contribution in [-0.4, -0.2) is 59.3 Å². The fourth-order valence-corrected chi connectivity index (χ4v) is 5.12. The summed E-state index contributed by atoms with van der Waals surface area (Å²) in [6.07, 6.45) is 4.49.